The molecule has 0 aromatic rings. The van der Waals surface area contributed by atoms with Crippen LogP contribution in [0.3, 0.4) is 0 Å². The molecule has 2 bridgehead atoms. The monoisotopic (exact) mass is 656 g/mol. The van der Waals surface area contributed by atoms with E-state index in [9.17, 15) is 19.2 Å². The molecule has 1 saturated heterocycles. The van der Waals surface area contributed by atoms with E-state index in [1.807, 2.05) is 26.8 Å². The molecule has 0 spiro atoms. The number of carbonyl (C=O) groups is 4. The molecule has 47 heavy (non-hydrogen) atoms. The van der Waals surface area contributed by atoms with Crippen LogP contribution in [0, 0.1) is 11.8 Å². The Balaban J connectivity index is 2.04. The van der Waals surface area contributed by atoms with E-state index in [-0.39, 0.29) is 47.1 Å². The van der Waals surface area contributed by atoms with Crippen molar-refractivity contribution in [3.8, 4) is 0 Å². The van der Waals surface area contributed by atoms with Gasteiger partial charge in [0.1, 0.15) is 6.10 Å². The number of Topliss-reactive ketones (excluding diaryl/α,β-unsaturated/α-hetero) is 1. The highest BCUT2D eigenvalue weighted by Gasteiger charge is 2.34. The number of amides is 2. The number of primary amides is 1. The van der Waals surface area contributed by atoms with E-state index in [1.165, 1.54) is 13.2 Å². The van der Waals surface area contributed by atoms with Gasteiger partial charge in [0.2, 0.25) is 11.6 Å². The number of nitrogens with zero attached hydrogens (tertiary/aromatic N) is 1. The van der Waals surface area contributed by atoms with Gasteiger partial charge < -0.3 is 40.2 Å². The van der Waals surface area contributed by atoms with Gasteiger partial charge >= 0.3 is 6.09 Å². The summed E-state index contributed by atoms with van der Waals surface area (Å²) in [6.07, 6.45) is 7.70. The molecule has 2 aliphatic heterocycles. The van der Waals surface area contributed by atoms with Gasteiger partial charge in [0.15, 0.2) is 6.10 Å². The van der Waals surface area contributed by atoms with E-state index >= 15 is 0 Å². The lowest BCUT2D eigenvalue weighted by molar-refractivity contribution is -0.120. The van der Waals surface area contributed by atoms with Crippen LogP contribution in [-0.4, -0.2) is 100 Å². The lowest BCUT2D eigenvalue weighted by Crippen LogP contribution is -2.39. The zero-order valence-corrected chi connectivity index (χ0v) is 28.8. The molecule has 2 heterocycles. The fraction of sp³-hybridized carbons (Fsp3) is 0.600. The molecule has 0 unspecified atom stereocenters. The van der Waals surface area contributed by atoms with Gasteiger partial charge in [0, 0.05) is 57.6 Å². The number of hydrogen-bond acceptors (Lipinski definition) is 10. The smallest absolute Gasteiger partial charge is 0.405 e. The van der Waals surface area contributed by atoms with Crippen LogP contribution in [0.25, 0.3) is 0 Å². The molecule has 0 aromatic carbocycles. The van der Waals surface area contributed by atoms with Crippen molar-refractivity contribution in [2.75, 3.05) is 47.5 Å². The molecule has 12 nitrogen and oxygen atoms in total. The van der Waals surface area contributed by atoms with E-state index in [1.54, 1.807) is 39.4 Å². The molecule has 4 N–H and O–H groups in total. The third-order valence-corrected chi connectivity index (χ3v) is 8.96. The first-order valence-corrected chi connectivity index (χ1v) is 16.3. The molecule has 1 fully saturated rings. The third kappa shape index (κ3) is 10.5. The summed E-state index contributed by atoms with van der Waals surface area (Å²) in [7, 11) is 4.69. The SMILES string of the molecule is CO[C@H]1[C@@H](OC)C[C@H](C)CC2=C(NCCN3CCCC3)C(=O)C=C(NC(=O)/C(C)=C\C=C\[C@H](OC)[C@@H](OC(N)=O)/C(C)=C/[C@@H]1C)C2=O. The summed E-state index contributed by atoms with van der Waals surface area (Å²) in [6, 6.07) is 0. The van der Waals surface area contributed by atoms with Crippen LogP contribution < -0.4 is 16.4 Å². The van der Waals surface area contributed by atoms with E-state index < -0.39 is 36.1 Å². The van der Waals surface area contributed by atoms with Crippen LogP contribution in [-0.2, 0) is 33.3 Å². The molecule has 0 aromatic heterocycles. The van der Waals surface area contributed by atoms with Crippen molar-refractivity contribution in [1.29, 1.82) is 0 Å². The van der Waals surface area contributed by atoms with Crippen LogP contribution >= 0.6 is 0 Å². The predicted molar refractivity (Wildman–Crippen MR) is 178 cm³/mol. The zero-order chi connectivity index (χ0) is 34.7. The number of likely N-dealkylation sites (tertiary alicyclic amines) is 1. The van der Waals surface area contributed by atoms with Gasteiger partial charge in [0.05, 0.1) is 23.6 Å². The Morgan fingerprint density at radius 3 is 2.38 bits per heavy atom. The van der Waals surface area contributed by atoms with Crippen LogP contribution in [0.4, 0.5) is 4.79 Å². The molecule has 6 atom stereocenters. The van der Waals surface area contributed by atoms with Crippen molar-refractivity contribution in [3.63, 3.8) is 0 Å². The first-order chi connectivity index (χ1) is 22.4. The first-order valence-electron chi connectivity index (χ1n) is 16.3. The van der Waals surface area contributed by atoms with Gasteiger partial charge in [-0.2, -0.15) is 0 Å². The molecule has 3 aliphatic rings. The summed E-state index contributed by atoms with van der Waals surface area (Å²) in [5.41, 5.74) is 6.93. The molecular weight excluding hydrogens is 604 g/mol. The molecular formula is C35H52N4O8. The lowest BCUT2D eigenvalue weighted by Gasteiger charge is -2.32. The van der Waals surface area contributed by atoms with Gasteiger partial charge in [-0.1, -0.05) is 38.2 Å². The summed E-state index contributed by atoms with van der Waals surface area (Å²) < 4.78 is 23.0. The van der Waals surface area contributed by atoms with Crippen molar-refractivity contribution in [2.45, 2.75) is 77.8 Å². The summed E-state index contributed by atoms with van der Waals surface area (Å²) >= 11 is 0. The molecule has 2 amide bonds. The molecule has 3 rings (SSSR count). The highest BCUT2D eigenvalue weighted by atomic mass is 16.6. The standard InChI is InChI=1S/C35H52N4O8/c1-21-17-25-30(37-13-16-39-14-8-9-15-39)27(40)20-26(31(25)41)38-34(42)22(2)11-10-12-28(44-5)33(47-35(36)43)24(4)19-23(3)32(46-7)29(18-21)45-6/h10-12,19-21,23,28-29,32-33,37H,8-9,13-18H2,1-7H3,(H2,36,43)(H,38,42)/b12-10+,22-11-,24-19+/t21-,23+,28+,29+,32-,33+/m1/s1. The van der Waals surface area contributed by atoms with Crippen molar-refractivity contribution < 1.29 is 38.1 Å². The summed E-state index contributed by atoms with van der Waals surface area (Å²) in [6.45, 7) is 10.7. The van der Waals surface area contributed by atoms with E-state index in [0.717, 1.165) is 32.5 Å². The average molecular weight is 657 g/mol. The highest BCUT2D eigenvalue weighted by Crippen LogP contribution is 2.29. The van der Waals surface area contributed by atoms with Gasteiger partial charge in [-0.15, -0.1) is 0 Å². The van der Waals surface area contributed by atoms with Gasteiger partial charge in [-0.3, -0.25) is 14.4 Å². The number of allylic oxidation sites excluding steroid dienone is 4. The Morgan fingerprint density at radius 1 is 1.06 bits per heavy atom. The normalized spacial score (nSPS) is 31.7. The zero-order valence-electron chi connectivity index (χ0n) is 28.8. The van der Waals surface area contributed by atoms with Crippen LogP contribution in [0.1, 0.15) is 53.4 Å². The summed E-state index contributed by atoms with van der Waals surface area (Å²) in [5, 5.41) is 5.90. The van der Waals surface area contributed by atoms with Gasteiger partial charge in [-0.05, 0) is 64.1 Å². The molecule has 1 aliphatic carbocycles. The lowest BCUT2D eigenvalue weighted by atomic mass is 9.85. The maximum Gasteiger partial charge on any atom is 0.405 e. The maximum absolute atomic E-state index is 13.9. The van der Waals surface area contributed by atoms with Crippen LogP contribution in [0.5, 0.6) is 0 Å². The van der Waals surface area contributed by atoms with Crippen LogP contribution in [0.15, 0.2) is 58.5 Å². The van der Waals surface area contributed by atoms with Crippen molar-refractivity contribution in [2.24, 2.45) is 17.6 Å². The molecule has 12 heteroatoms. The second kappa shape index (κ2) is 18.1. The van der Waals surface area contributed by atoms with E-state index in [4.69, 9.17) is 24.7 Å². The highest BCUT2D eigenvalue weighted by molar-refractivity contribution is 6.23. The maximum atomic E-state index is 13.9. The number of hydrogen-bond donors (Lipinski definition) is 3. The van der Waals surface area contributed by atoms with Crippen molar-refractivity contribution in [3.05, 3.63) is 58.5 Å². The number of ether oxygens (including phenoxy) is 4. The Bertz CT molecular complexity index is 1310. The summed E-state index contributed by atoms with van der Waals surface area (Å²) in [5.74, 6) is -1.60. The van der Waals surface area contributed by atoms with E-state index in [0.29, 0.717) is 24.1 Å². The minimum atomic E-state index is -0.958. The number of fused-ring (bicyclic) bond motifs is 2. The minimum absolute atomic E-state index is 0.0712. The fourth-order valence-corrected chi connectivity index (χ4v) is 6.48. The Kier molecular flexibility index (Phi) is 14.6. The third-order valence-electron chi connectivity index (χ3n) is 8.96. The predicted octanol–water partition coefficient (Wildman–Crippen LogP) is 3.10. The van der Waals surface area contributed by atoms with Crippen molar-refractivity contribution >= 4 is 23.6 Å². The fourth-order valence-electron chi connectivity index (χ4n) is 6.48. The summed E-state index contributed by atoms with van der Waals surface area (Å²) in [4.78, 5) is 54.7. The Labute approximate surface area is 278 Å². The average Bonchev–Trinajstić information content (AvgIpc) is 3.54. The number of carbonyl (C=O) groups excluding carboxylic acids is 4. The largest absolute Gasteiger partial charge is 0.439 e. The number of ketones is 2. The van der Waals surface area contributed by atoms with Crippen molar-refractivity contribution in [1.82, 2.24) is 15.5 Å². The second-order valence-electron chi connectivity index (χ2n) is 12.6. The number of rotatable bonds is 8. The Hall–Kier alpha value is -3.58. The molecule has 260 valence electrons. The first kappa shape index (κ1) is 37.9. The number of nitrogens with two attached hydrogens (primary N) is 1. The van der Waals surface area contributed by atoms with Crippen LogP contribution in [0.2, 0.25) is 0 Å². The van der Waals surface area contributed by atoms with Gasteiger partial charge in [0.25, 0.3) is 5.91 Å². The molecule has 0 radical (unpaired) electrons. The number of nitrogens with one attached hydrogen (secondary N) is 2. The topological polar surface area (TPSA) is 159 Å². The minimum Gasteiger partial charge on any atom is -0.439 e. The number of methoxy groups -OCH3 is 3. The quantitative estimate of drug-likeness (QED) is 0.262. The second-order valence-corrected chi connectivity index (χ2v) is 12.6. The van der Waals surface area contributed by atoms with E-state index in [2.05, 4.69) is 15.5 Å². The molecule has 0 saturated carbocycles. The Morgan fingerprint density at radius 2 is 1.77 bits per heavy atom. The van der Waals surface area contributed by atoms with Gasteiger partial charge in [-0.25, -0.2) is 4.79 Å².